The minimum Gasteiger partial charge on any atom is -1.00 e. The molecule has 0 radical (unpaired) electrons. The van der Waals surface area contributed by atoms with Crippen molar-refractivity contribution in [1.29, 1.82) is 0 Å². The van der Waals surface area contributed by atoms with Crippen LogP contribution in [0.15, 0.2) is 48.2 Å². The second-order valence-corrected chi connectivity index (χ2v) is 19.9. The predicted molar refractivity (Wildman–Crippen MR) is 122 cm³/mol. The van der Waals surface area contributed by atoms with E-state index < -0.39 is 16.4 Å². The van der Waals surface area contributed by atoms with Crippen molar-refractivity contribution in [2.45, 2.75) is 42.8 Å². The van der Waals surface area contributed by atoms with Gasteiger partial charge in [-0.1, -0.05) is 0 Å². The molecule has 161 valence electrons. The molecule has 2 aliphatic carbocycles. The van der Waals surface area contributed by atoms with E-state index in [1.807, 2.05) is 0 Å². The largest absolute Gasteiger partial charge is 1.00 e. The number of rotatable bonds is 5. The first-order valence-electron chi connectivity index (χ1n) is 10.4. The van der Waals surface area contributed by atoms with Crippen molar-refractivity contribution in [2.75, 3.05) is 6.79 Å². The monoisotopic (exact) mass is 563 g/mol. The summed E-state index contributed by atoms with van der Waals surface area (Å²) >= 11 is 1.60. The Morgan fingerprint density at radius 1 is 1.03 bits per heavy atom. The van der Waals surface area contributed by atoms with Crippen molar-refractivity contribution in [3.8, 4) is 11.1 Å². The van der Waals surface area contributed by atoms with Crippen LogP contribution in [0.2, 0.25) is 32.7 Å². The van der Waals surface area contributed by atoms with Gasteiger partial charge in [0.1, 0.15) is 0 Å². The molecular formula is C24H27Cl2O2Si2Zr. The van der Waals surface area contributed by atoms with Gasteiger partial charge in [0.15, 0.2) is 0 Å². The SMILES string of the molecule is C[Si](C)(C)OCOC1=C(c2cc3c(c4c2[Si]4(C)C)[CH]([Zr+2])c2ccccc2-3)CC=C1.[Cl-].[Cl-]. The van der Waals surface area contributed by atoms with Crippen molar-refractivity contribution < 1.29 is 58.7 Å². The summed E-state index contributed by atoms with van der Waals surface area (Å²) in [6, 6.07) is 11.5. The van der Waals surface area contributed by atoms with E-state index in [1.54, 1.807) is 40.7 Å². The van der Waals surface area contributed by atoms with E-state index in [2.05, 4.69) is 75.2 Å². The zero-order valence-corrected chi connectivity index (χ0v) is 24.6. The quantitative estimate of drug-likeness (QED) is 0.340. The van der Waals surface area contributed by atoms with Crippen LogP contribution in [0.4, 0.5) is 0 Å². The topological polar surface area (TPSA) is 18.5 Å². The fourth-order valence-corrected chi connectivity index (χ4v) is 10.8. The molecule has 1 unspecified atom stereocenters. The van der Waals surface area contributed by atoms with E-state index in [9.17, 15) is 0 Å². The Bertz CT molecular complexity index is 1100. The third kappa shape index (κ3) is 4.15. The van der Waals surface area contributed by atoms with Crippen LogP contribution in [-0.4, -0.2) is 23.2 Å². The van der Waals surface area contributed by atoms with Crippen LogP contribution in [0.25, 0.3) is 16.7 Å². The number of halogens is 2. The number of hydrogen-bond donors (Lipinski definition) is 0. The van der Waals surface area contributed by atoms with Gasteiger partial charge in [0, 0.05) is 0 Å². The van der Waals surface area contributed by atoms with Crippen LogP contribution in [0, 0.1) is 0 Å². The molecule has 0 spiro atoms. The van der Waals surface area contributed by atoms with Gasteiger partial charge in [0.2, 0.25) is 0 Å². The number of hydrogen-bond acceptors (Lipinski definition) is 2. The molecule has 0 amide bonds. The Morgan fingerprint density at radius 2 is 1.74 bits per heavy atom. The van der Waals surface area contributed by atoms with Crippen LogP contribution in [0.5, 0.6) is 0 Å². The Hall–Kier alpha value is -0.423. The minimum absolute atomic E-state index is 0. The summed E-state index contributed by atoms with van der Waals surface area (Å²) in [6.07, 6.45) is 5.33. The van der Waals surface area contributed by atoms with Crippen LogP contribution >= 0.6 is 0 Å². The van der Waals surface area contributed by atoms with Crippen molar-refractivity contribution in [3.63, 3.8) is 0 Å². The Balaban J connectivity index is 0.00000136. The minimum atomic E-state index is -1.58. The first kappa shape index (κ1) is 25.2. The molecule has 0 saturated heterocycles. The van der Waals surface area contributed by atoms with Gasteiger partial charge in [-0.2, -0.15) is 0 Å². The van der Waals surface area contributed by atoms with E-state index in [0.717, 1.165) is 12.2 Å². The van der Waals surface area contributed by atoms with Crippen LogP contribution in [-0.2, 0) is 33.9 Å². The molecule has 7 heteroatoms. The number of ether oxygens (including phenoxy) is 1. The molecular weight excluding hydrogens is 539 g/mol. The average molecular weight is 566 g/mol. The molecule has 0 aromatic heterocycles. The third-order valence-corrected chi connectivity index (χ3v) is 12.1. The summed E-state index contributed by atoms with van der Waals surface area (Å²) in [5, 5.41) is 3.39. The molecule has 0 fully saturated rings. The van der Waals surface area contributed by atoms with E-state index in [1.165, 1.54) is 27.8 Å². The Morgan fingerprint density at radius 3 is 2.45 bits per heavy atom. The normalized spacial score (nSPS) is 19.3. The molecule has 2 aromatic carbocycles. The van der Waals surface area contributed by atoms with Gasteiger partial charge in [-0.3, -0.25) is 0 Å². The molecule has 1 heterocycles. The summed E-state index contributed by atoms with van der Waals surface area (Å²) < 4.78 is 12.7. The third-order valence-electron chi connectivity index (χ3n) is 6.33. The zero-order chi connectivity index (χ0) is 20.6. The van der Waals surface area contributed by atoms with Crippen molar-refractivity contribution >= 4 is 32.3 Å². The molecule has 5 rings (SSSR count). The average Bonchev–Trinajstić information content (AvgIpc) is 2.98. The summed E-state index contributed by atoms with van der Waals surface area (Å²) in [5.41, 5.74) is 8.90. The molecule has 0 N–H and O–H groups in total. The van der Waals surface area contributed by atoms with E-state index in [-0.39, 0.29) is 24.8 Å². The van der Waals surface area contributed by atoms with Gasteiger partial charge in [-0.15, -0.1) is 0 Å². The number of allylic oxidation sites excluding steroid dienone is 3. The molecule has 0 saturated carbocycles. The fraction of sp³-hybridized carbons (Fsp3) is 0.333. The smallest absolute Gasteiger partial charge is 1.00 e. The van der Waals surface area contributed by atoms with Gasteiger partial charge in [-0.25, -0.2) is 0 Å². The van der Waals surface area contributed by atoms with Crippen LogP contribution in [0.3, 0.4) is 0 Å². The second-order valence-electron chi connectivity index (χ2n) is 9.75. The molecule has 31 heavy (non-hydrogen) atoms. The van der Waals surface area contributed by atoms with Gasteiger partial charge in [0.05, 0.1) is 0 Å². The van der Waals surface area contributed by atoms with E-state index in [4.69, 9.17) is 9.16 Å². The maximum absolute atomic E-state index is 6.13. The van der Waals surface area contributed by atoms with Gasteiger partial charge in [0.25, 0.3) is 0 Å². The van der Waals surface area contributed by atoms with E-state index in [0.29, 0.717) is 10.4 Å². The first-order chi connectivity index (χ1) is 13.7. The second kappa shape index (κ2) is 8.74. The molecule has 2 aromatic rings. The van der Waals surface area contributed by atoms with Crippen LogP contribution < -0.4 is 35.2 Å². The number of benzene rings is 2. The molecule has 1 atom stereocenters. The summed E-state index contributed by atoms with van der Waals surface area (Å²) in [4.78, 5) is 0. The molecule has 3 aliphatic rings. The zero-order valence-electron chi connectivity index (χ0n) is 18.6. The summed E-state index contributed by atoms with van der Waals surface area (Å²) in [6.45, 7) is 12.0. The van der Waals surface area contributed by atoms with Gasteiger partial charge in [-0.05, 0) is 0 Å². The number of fused-ring (bicyclic) bond motifs is 5. The van der Waals surface area contributed by atoms with Gasteiger partial charge >= 0.3 is 192 Å². The maximum Gasteiger partial charge on any atom is -1.00 e. The first-order valence-corrected chi connectivity index (χ1v) is 18.2. The fourth-order valence-electron chi connectivity index (χ4n) is 4.88. The van der Waals surface area contributed by atoms with E-state index >= 15 is 0 Å². The van der Waals surface area contributed by atoms with Gasteiger partial charge < -0.3 is 24.8 Å². The molecule has 0 bridgehead atoms. The maximum atomic E-state index is 6.13. The molecule has 1 aliphatic heterocycles. The Kier molecular flexibility index (Phi) is 7.10. The van der Waals surface area contributed by atoms with Crippen molar-refractivity contribution in [1.82, 2.24) is 0 Å². The van der Waals surface area contributed by atoms with Crippen molar-refractivity contribution in [3.05, 3.63) is 64.9 Å². The van der Waals surface area contributed by atoms with Crippen LogP contribution in [0.1, 0.15) is 26.7 Å². The standard InChI is InChI=1S/C24H27O2Si2.2ClH.Zr/c1-27(2,3)26-15-25-22-12-8-11-18(22)21-14-19-17-10-7-6-9-16(17)13-20(19)23-24(21)28(23,4)5;;;/h6-10,12-14H,11,15H2,1-5H3;2*1H;/q;;;+2/p-2. The molecule has 2 nitrogen and oxygen atoms in total. The summed E-state index contributed by atoms with van der Waals surface area (Å²) in [5.74, 6) is 1.01. The predicted octanol–water partition coefficient (Wildman–Crippen LogP) is -1.06. The summed E-state index contributed by atoms with van der Waals surface area (Å²) in [7, 11) is -3.04. The Labute approximate surface area is 215 Å². The van der Waals surface area contributed by atoms with Crippen molar-refractivity contribution in [2.24, 2.45) is 0 Å².